The fourth-order valence-electron chi connectivity index (χ4n) is 1.71. The zero-order valence-electron chi connectivity index (χ0n) is 9.08. The molecule has 1 aromatic carbocycles. The second-order valence-electron chi connectivity index (χ2n) is 4.12. The topological polar surface area (TPSA) is 18.5 Å². The molecule has 0 aromatic heterocycles. The van der Waals surface area contributed by atoms with Crippen LogP contribution >= 0.6 is 23.2 Å². The first kappa shape index (κ1) is 12.0. The van der Waals surface area contributed by atoms with Gasteiger partial charge in [0, 0.05) is 11.4 Å². The van der Waals surface area contributed by atoms with E-state index in [4.69, 9.17) is 32.7 Å². The Morgan fingerprint density at radius 2 is 2.19 bits per heavy atom. The lowest BCUT2D eigenvalue weighted by molar-refractivity contribution is -0.119. The van der Waals surface area contributed by atoms with Crippen molar-refractivity contribution < 1.29 is 9.47 Å². The molecular formula is C12H14Cl2O2. The maximum atomic E-state index is 6.02. The SMILES string of the molecule is CC1CCOC(Oc2ccc(Cl)cc2Cl)C1. The highest BCUT2D eigenvalue weighted by Crippen LogP contribution is 2.30. The van der Waals surface area contributed by atoms with Gasteiger partial charge >= 0.3 is 0 Å². The van der Waals surface area contributed by atoms with Gasteiger partial charge in [-0.3, -0.25) is 0 Å². The molecule has 1 heterocycles. The molecule has 2 atom stereocenters. The van der Waals surface area contributed by atoms with Crippen LogP contribution in [0.2, 0.25) is 10.0 Å². The van der Waals surface area contributed by atoms with E-state index in [2.05, 4.69) is 6.92 Å². The van der Waals surface area contributed by atoms with Crippen molar-refractivity contribution in [2.75, 3.05) is 6.61 Å². The van der Waals surface area contributed by atoms with E-state index >= 15 is 0 Å². The van der Waals surface area contributed by atoms with Crippen LogP contribution in [0.25, 0.3) is 0 Å². The first-order valence-electron chi connectivity index (χ1n) is 5.38. The largest absolute Gasteiger partial charge is 0.463 e. The zero-order chi connectivity index (χ0) is 11.5. The maximum absolute atomic E-state index is 6.02. The molecule has 0 spiro atoms. The normalized spacial score (nSPS) is 25.4. The highest BCUT2D eigenvalue weighted by Gasteiger charge is 2.21. The summed E-state index contributed by atoms with van der Waals surface area (Å²) < 4.78 is 11.2. The Hall–Kier alpha value is -0.440. The summed E-state index contributed by atoms with van der Waals surface area (Å²) in [4.78, 5) is 0. The summed E-state index contributed by atoms with van der Waals surface area (Å²) in [5.41, 5.74) is 0. The molecule has 16 heavy (non-hydrogen) atoms. The quantitative estimate of drug-likeness (QED) is 0.796. The minimum absolute atomic E-state index is 0.192. The van der Waals surface area contributed by atoms with Gasteiger partial charge < -0.3 is 9.47 Å². The molecule has 2 nitrogen and oxygen atoms in total. The third-order valence-electron chi connectivity index (χ3n) is 2.66. The average Bonchev–Trinajstić information content (AvgIpc) is 2.22. The summed E-state index contributed by atoms with van der Waals surface area (Å²) in [5.74, 6) is 1.26. The van der Waals surface area contributed by atoms with Gasteiger partial charge in [0.15, 0.2) is 6.29 Å². The molecule has 0 radical (unpaired) electrons. The second-order valence-corrected chi connectivity index (χ2v) is 4.97. The number of benzene rings is 1. The van der Waals surface area contributed by atoms with Crippen LogP contribution in [0.1, 0.15) is 19.8 Å². The van der Waals surface area contributed by atoms with Crippen molar-refractivity contribution in [1.29, 1.82) is 0 Å². The van der Waals surface area contributed by atoms with Crippen LogP contribution in [0.4, 0.5) is 0 Å². The van der Waals surface area contributed by atoms with E-state index in [1.165, 1.54) is 0 Å². The molecule has 1 aromatic rings. The fraction of sp³-hybridized carbons (Fsp3) is 0.500. The molecule has 2 rings (SSSR count). The first-order chi connectivity index (χ1) is 7.65. The van der Waals surface area contributed by atoms with Crippen LogP contribution in [0.5, 0.6) is 5.75 Å². The average molecular weight is 261 g/mol. The predicted octanol–water partition coefficient (Wildman–Crippen LogP) is 4.14. The highest BCUT2D eigenvalue weighted by molar-refractivity contribution is 6.35. The molecule has 4 heteroatoms. The Bertz CT molecular complexity index is 368. The Morgan fingerprint density at radius 3 is 2.88 bits per heavy atom. The number of hydrogen-bond acceptors (Lipinski definition) is 2. The molecule has 1 saturated heterocycles. The van der Waals surface area contributed by atoms with Crippen LogP contribution in [0.15, 0.2) is 18.2 Å². The van der Waals surface area contributed by atoms with Gasteiger partial charge in [-0.2, -0.15) is 0 Å². The fourth-order valence-corrected chi connectivity index (χ4v) is 2.16. The summed E-state index contributed by atoms with van der Waals surface area (Å²) in [6.07, 6.45) is 1.80. The molecule has 1 aliphatic rings. The van der Waals surface area contributed by atoms with Crippen molar-refractivity contribution in [3.8, 4) is 5.75 Å². The lowest BCUT2D eigenvalue weighted by Gasteiger charge is -2.27. The third-order valence-corrected chi connectivity index (χ3v) is 3.19. The van der Waals surface area contributed by atoms with Crippen molar-refractivity contribution in [2.24, 2.45) is 5.92 Å². The first-order valence-corrected chi connectivity index (χ1v) is 6.14. The van der Waals surface area contributed by atoms with E-state index in [0.717, 1.165) is 19.4 Å². The van der Waals surface area contributed by atoms with E-state index in [0.29, 0.717) is 21.7 Å². The highest BCUT2D eigenvalue weighted by atomic mass is 35.5. The van der Waals surface area contributed by atoms with Crippen LogP contribution in [0.3, 0.4) is 0 Å². The van der Waals surface area contributed by atoms with Gasteiger partial charge in [0.25, 0.3) is 0 Å². The number of halogens is 2. The monoisotopic (exact) mass is 260 g/mol. The molecule has 1 fully saturated rings. The molecular weight excluding hydrogens is 247 g/mol. The van der Waals surface area contributed by atoms with Gasteiger partial charge in [-0.05, 0) is 30.5 Å². The minimum Gasteiger partial charge on any atom is -0.463 e. The van der Waals surface area contributed by atoms with Gasteiger partial charge in [0.2, 0.25) is 0 Å². The van der Waals surface area contributed by atoms with Crippen molar-refractivity contribution in [3.05, 3.63) is 28.2 Å². The number of rotatable bonds is 2. The van der Waals surface area contributed by atoms with E-state index in [-0.39, 0.29) is 6.29 Å². The Balaban J connectivity index is 2.02. The van der Waals surface area contributed by atoms with E-state index in [1.54, 1.807) is 18.2 Å². The van der Waals surface area contributed by atoms with Gasteiger partial charge in [0.05, 0.1) is 11.6 Å². The molecule has 2 unspecified atom stereocenters. The molecule has 1 aliphatic heterocycles. The third kappa shape index (κ3) is 3.03. The smallest absolute Gasteiger partial charge is 0.200 e. The maximum Gasteiger partial charge on any atom is 0.200 e. The van der Waals surface area contributed by atoms with Crippen LogP contribution in [-0.4, -0.2) is 12.9 Å². The van der Waals surface area contributed by atoms with Crippen LogP contribution < -0.4 is 4.74 Å². The van der Waals surface area contributed by atoms with Crippen molar-refractivity contribution in [3.63, 3.8) is 0 Å². The van der Waals surface area contributed by atoms with Gasteiger partial charge in [-0.25, -0.2) is 0 Å². The number of hydrogen-bond donors (Lipinski definition) is 0. The summed E-state index contributed by atoms with van der Waals surface area (Å²) in [6.45, 7) is 2.94. The van der Waals surface area contributed by atoms with Crippen molar-refractivity contribution in [2.45, 2.75) is 26.1 Å². The predicted molar refractivity (Wildman–Crippen MR) is 65.2 cm³/mol. The molecule has 0 saturated carbocycles. The van der Waals surface area contributed by atoms with Crippen LogP contribution in [-0.2, 0) is 4.74 Å². The molecule has 0 amide bonds. The lowest BCUT2D eigenvalue weighted by Crippen LogP contribution is -2.29. The second kappa shape index (κ2) is 5.26. The zero-order valence-corrected chi connectivity index (χ0v) is 10.6. The number of ether oxygens (including phenoxy) is 2. The minimum atomic E-state index is -0.192. The molecule has 88 valence electrons. The summed E-state index contributed by atoms with van der Waals surface area (Å²) in [6, 6.07) is 5.20. The van der Waals surface area contributed by atoms with E-state index in [9.17, 15) is 0 Å². The standard InChI is InChI=1S/C12H14Cl2O2/c1-8-4-5-15-12(6-8)16-11-3-2-9(13)7-10(11)14/h2-3,7-8,12H,4-6H2,1H3. The molecule has 0 bridgehead atoms. The summed E-state index contributed by atoms with van der Waals surface area (Å²) in [5, 5.41) is 1.13. The van der Waals surface area contributed by atoms with Gasteiger partial charge in [0.1, 0.15) is 5.75 Å². The van der Waals surface area contributed by atoms with Gasteiger partial charge in [-0.1, -0.05) is 30.1 Å². The van der Waals surface area contributed by atoms with E-state index < -0.39 is 0 Å². The Labute approximate surface area is 105 Å². The van der Waals surface area contributed by atoms with Crippen molar-refractivity contribution >= 4 is 23.2 Å². The lowest BCUT2D eigenvalue weighted by atomic mass is 10.0. The molecule has 0 N–H and O–H groups in total. The Kier molecular flexibility index (Phi) is 3.95. The summed E-state index contributed by atoms with van der Waals surface area (Å²) in [7, 11) is 0. The van der Waals surface area contributed by atoms with E-state index in [1.807, 2.05) is 0 Å². The van der Waals surface area contributed by atoms with Crippen LogP contribution in [0, 0.1) is 5.92 Å². The Morgan fingerprint density at radius 1 is 1.38 bits per heavy atom. The summed E-state index contributed by atoms with van der Waals surface area (Å²) >= 11 is 11.8. The molecule has 0 aliphatic carbocycles. The van der Waals surface area contributed by atoms with Gasteiger partial charge in [-0.15, -0.1) is 0 Å². The van der Waals surface area contributed by atoms with Crippen molar-refractivity contribution in [1.82, 2.24) is 0 Å².